The topological polar surface area (TPSA) is 39.7 Å². The number of nitrogens with one attached hydrogen (secondary N) is 2. The highest BCUT2D eigenvalue weighted by Gasteiger charge is 2.04. The molecule has 6 heteroatoms. The molecule has 0 aromatic heterocycles. The molecule has 0 radical (unpaired) electrons. The van der Waals surface area contributed by atoms with Crippen LogP contribution in [0.4, 0.5) is 4.39 Å². The van der Waals surface area contributed by atoms with Crippen LogP contribution in [0.25, 0.3) is 0 Å². The van der Waals surface area contributed by atoms with Crippen molar-refractivity contribution in [2.24, 2.45) is 4.99 Å². The van der Waals surface area contributed by atoms with Crippen molar-refractivity contribution in [3.8, 4) is 0 Å². The van der Waals surface area contributed by atoms with Gasteiger partial charge in [-0.05, 0) is 51.9 Å². The van der Waals surface area contributed by atoms with Crippen LogP contribution in [0, 0.1) is 12.7 Å². The zero-order valence-corrected chi connectivity index (χ0v) is 17.1. The van der Waals surface area contributed by atoms with E-state index in [9.17, 15) is 4.39 Å². The SMILES string of the molecule is CCNC(=NCc1ccc(F)c(C)c1)NCCN(C)C(C)C.I. The molecule has 0 aliphatic carbocycles. The smallest absolute Gasteiger partial charge is 0.191 e. The quantitative estimate of drug-likeness (QED) is 0.392. The van der Waals surface area contributed by atoms with Gasteiger partial charge in [0.05, 0.1) is 6.54 Å². The van der Waals surface area contributed by atoms with Crippen LogP contribution in [-0.2, 0) is 6.54 Å². The zero-order valence-electron chi connectivity index (χ0n) is 14.8. The molecule has 0 aliphatic heterocycles. The molecule has 1 aromatic carbocycles. The van der Waals surface area contributed by atoms with E-state index in [2.05, 4.69) is 41.4 Å². The van der Waals surface area contributed by atoms with Crippen molar-refractivity contribution in [3.05, 3.63) is 35.1 Å². The van der Waals surface area contributed by atoms with Crippen molar-refractivity contribution in [1.82, 2.24) is 15.5 Å². The second-order valence-corrected chi connectivity index (χ2v) is 5.78. The molecule has 0 amide bonds. The Balaban J connectivity index is 0.00000484. The van der Waals surface area contributed by atoms with Crippen LogP contribution in [0.3, 0.4) is 0 Å². The number of likely N-dealkylation sites (N-methyl/N-ethyl adjacent to an activating group) is 1. The highest BCUT2D eigenvalue weighted by atomic mass is 127. The highest BCUT2D eigenvalue weighted by Crippen LogP contribution is 2.09. The second kappa shape index (κ2) is 11.6. The number of guanidine groups is 1. The lowest BCUT2D eigenvalue weighted by Crippen LogP contribution is -2.42. The molecule has 0 heterocycles. The number of benzene rings is 1. The van der Waals surface area contributed by atoms with Crippen LogP contribution in [-0.4, -0.2) is 43.6 Å². The lowest BCUT2D eigenvalue weighted by Gasteiger charge is -2.21. The first-order valence-corrected chi connectivity index (χ1v) is 7.91. The number of rotatable bonds is 7. The number of halogens is 2. The van der Waals surface area contributed by atoms with E-state index >= 15 is 0 Å². The van der Waals surface area contributed by atoms with Gasteiger partial charge in [0.1, 0.15) is 5.82 Å². The van der Waals surface area contributed by atoms with Crippen LogP contribution in [0.1, 0.15) is 31.9 Å². The zero-order chi connectivity index (χ0) is 16.5. The number of hydrogen-bond donors (Lipinski definition) is 2. The summed E-state index contributed by atoms with van der Waals surface area (Å²) in [6.07, 6.45) is 0. The molecule has 23 heavy (non-hydrogen) atoms. The van der Waals surface area contributed by atoms with Gasteiger partial charge in [-0.15, -0.1) is 24.0 Å². The van der Waals surface area contributed by atoms with E-state index in [-0.39, 0.29) is 29.8 Å². The summed E-state index contributed by atoms with van der Waals surface area (Å²) in [5, 5.41) is 6.55. The van der Waals surface area contributed by atoms with E-state index in [1.807, 2.05) is 13.0 Å². The molecule has 0 atom stereocenters. The molecule has 0 spiro atoms. The van der Waals surface area contributed by atoms with E-state index in [1.165, 1.54) is 6.07 Å². The molecule has 0 fully saturated rings. The summed E-state index contributed by atoms with van der Waals surface area (Å²) in [7, 11) is 2.11. The van der Waals surface area contributed by atoms with E-state index < -0.39 is 0 Å². The van der Waals surface area contributed by atoms with Gasteiger partial charge in [-0.1, -0.05) is 12.1 Å². The molecule has 4 nitrogen and oxygen atoms in total. The fourth-order valence-corrected chi connectivity index (χ4v) is 1.93. The molecule has 0 saturated carbocycles. The van der Waals surface area contributed by atoms with Crippen LogP contribution < -0.4 is 10.6 Å². The molecular weight excluding hydrogens is 406 g/mol. The average molecular weight is 436 g/mol. The lowest BCUT2D eigenvalue weighted by atomic mass is 10.1. The predicted molar refractivity (Wildman–Crippen MR) is 107 cm³/mol. The van der Waals surface area contributed by atoms with Crippen molar-refractivity contribution in [2.75, 3.05) is 26.7 Å². The fourth-order valence-electron chi connectivity index (χ4n) is 1.93. The van der Waals surface area contributed by atoms with E-state index in [0.29, 0.717) is 18.2 Å². The van der Waals surface area contributed by atoms with Gasteiger partial charge in [0, 0.05) is 25.7 Å². The van der Waals surface area contributed by atoms with Crippen LogP contribution >= 0.6 is 24.0 Å². The summed E-state index contributed by atoms with van der Waals surface area (Å²) in [4.78, 5) is 6.83. The van der Waals surface area contributed by atoms with E-state index in [0.717, 1.165) is 31.2 Å². The van der Waals surface area contributed by atoms with Gasteiger partial charge >= 0.3 is 0 Å². The van der Waals surface area contributed by atoms with Gasteiger partial charge in [-0.2, -0.15) is 0 Å². The van der Waals surface area contributed by atoms with Gasteiger partial charge in [0.25, 0.3) is 0 Å². The van der Waals surface area contributed by atoms with Crippen molar-refractivity contribution in [1.29, 1.82) is 0 Å². The molecule has 1 aromatic rings. The maximum Gasteiger partial charge on any atom is 0.191 e. The molecule has 0 unspecified atom stereocenters. The van der Waals surface area contributed by atoms with Gasteiger partial charge in [0.2, 0.25) is 0 Å². The minimum Gasteiger partial charge on any atom is -0.357 e. The van der Waals surface area contributed by atoms with Crippen LogP contribution in [0.15, 0.2) is 23.2 Å². The third kappa shape index (κ3) is 8.50. The summed E-state index contributed by atoms with van der Waals surface area (Å²) in [5.41, 5.74) is 1.67. The maximum atomic E-state index is 13.3. The van der Waals surface area contributed by atoms with Crippen LogP contribution in [0.2, 0.25) is 0 Å². The second-order valence-electron chi connectivity index (χ2n) is 5.78. The van der Waals surface area contributed by atoms with Gasteiger partial charge in [-0.3, -0.25) is 0 Å². The first kappa shape index (κ1) is 22.1. The molecule has 2 N–H and O–H groups in total. The summed E-state index contributed by atoms with van der Waals surface area (Å²) in [6.45, 7) is 11.3. The molecule has 0 saturated heterocycles. The molecule has 1 rings (SSSR count). The van der Waals surface area contributed by atoms with Gasteiger partial charge in [-0.25, -0.2) is 9.38 Å². The van der Waals surface area contributed by atoms with Gasteiger partial charge < -0.3 is 15.5 Å². The Morgan fingerprint density at radius 1 is 1.30 bits per heavy atom. The Bertz CT molecular complexity index is 491. The number of hydrogen-bond acceptors (Lipinski definition) is 2. The van der Waals surface area contributed by atoms with E-state index in [4.69, 9.17) is 0 Å². The Labute approximate surface area is 157 Å². The van der Waals surface area contributed by atoms with Crippen molar-refractivity contribution in [3.63, 3.8) is 0 Å². The average Bonchev–Trinajstić information content (AvgIpc) is 2.47. The monoisotopic (exact) mass is 436 g/mol. The molecule has 132 valence electrons. The fraction of sp³-hybridized carbons (Fsp3) is 0.588. The highest BCUT2D eigenvalue weighted by molar-refractivity contribution is 14.0. The first-order chi connectivity index (χ1) is 10.4. The molecule has 0 bridgehead atoms. The Morgan fingerprint density at radius 3 is 2.57 bits per heavy atom. The Kier molecular flexibility index (Phi) is 11.2. The molecule has 0 aliphatic rings. The largest absolute Gasteiger partial charge is 0.357 e. The standard InChI is InChI=1S/C17H29FN4.HI/c1-6-19-17(20-9-10-22(5)13(2)3)21-12-15-7-8-16(18)14(4)11-15;/h7-8,11,13H,6,9-10,12H2,1-5H3,(H2,19,20,21);1H. The van der Waals surface area contributed by atoms with Crippen molar-refractivity contribution >= 4 is 29.9 Å². The lowest BCUT2D eigenvalue weighted by molar-refractivity contribution is 0.278. The minimum absolute atomic E-state index is 0. The number of aliphatic imine (C=N–C) groups is 1. The third-order valence-electron chi connectivity index (χ3n) is 3.62. The van der Waals surface area contributed by atoms with Crippen molar-refractivity contribution in [2.45, 2.75) is 40.3 Å². The minimum atomic E-state index is -0.172. The first-order valence-electron chi connectivity index (χ1n) is 7.91. The Hall–Kier alpha value is -0.890. The number of aryl methyl sites for hydroxylation is 1. The maximum absolute atomic E-state index is 13.3. The van der Waals surface area contributed by atoms with Gasteiger partial charge in [0.15, 0.2) is 5.96 Å². The van der Waals surface area contributed by atoms with E-state index in [1.54, 1.807) is 13.0 Å². The summed E-state index contributed by atoms with van der Waals surface area (Å²) in [5.74, 6) is 0.621. The summed E-state index contributed by atoms with van der Waals surface area (Å²) in [6, 6.07) is 5.65. The number of nitrogens with zero attached hydrogens (tertiary/aromatic N) is 2. The predicted octanol–water partition coefficient (Wildman–Crippen LogP) is 3.15. The normalized spacial score (nSPS) is 11.6. The summed E-state index contributed by atoms with van der Waals surface area (Å²) < 4.78 is 13.3. The molecular formula is C17H30FIN4. The summed E-state index contributed by atoms with van der Waals surface area (Å²) >= 11 is 0. The van der Waals surface area contributed by atoms with Crippen LogP contribution in [0.5, 0.6) is 0 Å². The van der Waals surface area contributed by atoms with Crippen molar-refractivity contribution < 1.29 is 4.39 Å². The Morgan fingerprint density at radius 2 is 2.00 bits per heavy atom. The third-order valence-corrected chi connectivity index (χ3v) is 3.62.